The van der Waals surface area contributed by atoms with Crippen molar-refractivity contribution in [3.05, 3.63) is 24.1 Å². The highest BCUT2D eigenvalue weighted by Gasteiger charge is 2.07. The van der Waals surface area contributed by atoms with Crippen molar-refractivity contribution in [2.45, 2.75) is 26.6 Å². The van der Waals surface area contributed by atoms with Gasteiger partial charge in [-0.05, 0) is 6.92 Å². The molecule has 0 bridgehead atoms. The fourth-order valence-corrected chi connectivity index (χ4v) is 0.877. The standard InChI is InChI=1S/C9H16O2Si/c1-8(2)9(10)11-6-7-12(3,4)5/h6-7H,1H2,2-5H3/b7-6-. The lowest BCUT2D eigenvalue weighted by atomic mass is 10.4. The van der Waals surface area contributed by atoms with Crippen LogP contribution in [0.15, 0.2) is 24.1 Å². The van der Waals surface area contributed by atoms with Crippen molar-refractivity contribution in [2.24, 2.45) is 0 Å². The van der Waals surface area contributed by atoms with Gasteiger partial charge in [-0.1, -0.05) is 31.9 Å². The molecule has 2 nitrogen and oxygen atoms in total. The third kappa shape index (κ3) is 5.92. The van der Waals surface area contributed by atoms with Crippen molar-refractivity contribution in [3.63, 3.8) is 0 Å². The van der Waals surface area contributed by atoms with Crippen molar-refractivity contribution in [1.29, 1.82) is 0 Å². The first-order valence-corrected chi connectivity index (χ1v) is 7.45. The van der Waals surface area contributed by atoms with E-state index in [1.165, 1.54) is 6.26 Å². The Hall–Kier alpha value is -0.833. The van der Waals surface area contributed by atoms with Crippen LogP contribution in [0.5, 0.6) is 0 Å². The van der Waals surface area contributed by atoms with E-state index in [0.717, 1.165) is 0 Å². The minimum absolute atomic E-state index is 0.357. The first kappa shape index (κ1) is 11.2. The highest BCUT2D eigenvalue weighted by molar-refractivity contribution is 6.80. The van der Waals surface area contributed by atoms with Gasteiger partial charge in [0.15, 0.2) is 0 Å². The molecule has 0 aliphatic heterocycles. The van der Waals surface area contributed by atoms with Crippen LogP contribution in [0, 0.1) is 0 Å². The molecule has 0 fully saturated rings. The minimum atomic E-state index is -1.25. The zero-order valence-electron chi connectivity index (χ0n) is 8.18. The van der Waals surface area contributed by atoms with Crippen molar-refractivity contribution in [2.75, 3.05) is 0 Å². The summed E-state index contributed by atoms with van der Waals surface area (Å²) < 4.78 is 4.80. The summed E-state index contributed by atoms with van der Waals surface area (Å²) in [7, 11) is -1.25. The molecule has 0 spiro atoms. The third-order valence-corrected chi connectivity index (χ3v) is 2.23. The Bertz CT molecular complexity index is 211. The van der Waals surface area contributed by atoms with E-state index in [9.17, 15) is 4.79 Å². The lowest BCUT2D eigenvalue weighted by Crippen LogP contribution is -2.16. The molecule has 68 valence electrons. The number of carbonyl (C=O) groups excluding carboxylic acids is 1. The molecule has 0 aliphatic carbocycles. The number of rotatable bonds is 3. The number of carbonyl (C=O) groups is 1. The van der Waals surface area contributed by atoms with E-state index >= 15 is 0 Å². The first-order valence-electron chi connectivity index (χ1n) is 3.87. The molecule has 3 heteroatoms. The average Bonchev–Trinajstić information content (AvgIpc) is 1.84. The predicted molar refractivity (Wildman–Crippen MR) is 53.4 cm³/mol. The van der Waals surface area contributed by atoms with Crippen LogP contribution < -0.4 is 0 Å². The van der Waals surface area contributed by atoms with E-state index < -0.39 is 8.07 Å². The van der Waals surface area contributed by atoms with Crippen LogP contribution in [0.1, 0.15) is 6.92 Å². The van der Waals surface area contributed by atoms with Crippen LogP contribution in [-0.2, 0) is 9.53 Å². The van der Waals surface area contributed by atoms with Gasteiger partial charge in [-0.2, -0.15) is 0 Å². The second-order valence-electron chi connectivity index (χ2n) is 3.85. The second-order valence-corrected chi connectivity index (χ2v) is 8.92. The summed E-state index contributed by atoms with van der Waals surface area (Å²) in [5.41, 5.74) is 2.39. The number of ether oxygens (including phenoxy) is 1. The summed E-state index contributed by atoms with van der Waals surface area (Å²) in [5, 5.41) is 0. The molecule has 0 saturated carbocycles. The van der Waals surface area contributed by atoms with E-state index in [1.54, 1.807) is 6.92 Å². The fraction of sp³-hybridized carbons (Fsp3) is 0.444. The highest BCUT2D eigenvalue weighted by Crippen LogP contribution is 2.02. The molecule has 0 aromatic carbocycles. The van der Waals surface area contributed by atoms with Crippen LogP contribution in [0.2, 0.25) is 19.6 Å². The molecule has 0 N–H and O–H groups in total. The topological polar surface area (TPSA) is 26.3 Å². The van der Waals surface area contributed by atoms with E-state index in [2.05, 4.69) is 26.2 Å². The molecule has 0 amide bonds. The maximum Gasteiger partial charge on any atom is 0.337 e. The van der Waals surface area contributed by atoms with Crippen LogP contribution in [0.25, 0.3) is 0 Å². The smallest absolute Gasteiger partial charge is 0.337 e. The average molecular weight is 184 g/mol. The second kappa shape index (κ2) is 4.26. The molecule has 0 saturated heterocycles. The Kier molecular flexibility index (Phi) is 3.96. The fourth-order valence-electron chi connectivity index (χ4n) is 0.401. The molecule has 0 aliphatic rings. The minimum Gasteiger partial charge on any atom is -0.432 e. The van der Waals surface area contributed by atoms with Gasteiger partial charge in [0.2, 0.25) is 0 Å². The van der Waals surface area contributed by atoms with Crippen molar-refractivity contribution in [3.8, 4) is 0 Å². The van der Waals surface area contributed by atoms with Gasteiger partial charge in [0, 0.05) is 5.57 Å². The van der Waals surface area contributed by atoms with Crippen LogP contribution in [0.3, 0.4) is 0 Å². The molecule has 0 atom stereocenters. The van der Waals surface area contributed by atoms with Crippen LogP contribution in [0.4, 0.5) is 0 Å². The van der Waals surface area contributed by atoms with Crippen LogP contribution in [-0.4, -0.2) is 14.0 Å². The summed E-state index contributed by atoms with van der Waals surface area (Å²) in [4.78, 5) is 10.9. The maximum absolute atomic E-state index is 10.9. The van der Waals surface area contributed by atoms with E-state index in [-0.39, 0.29) is 5.97 Å². The van der Waals surface area contributed by atoms with Gasteiger partial charge in [-0.3, -0.25) is 0 Å². The third-order valence-electron chi connectivity index (χ3n) is 1.09. The van der Waals surface area contributed by atoms with Gasteiger partial charge in [0.25, 0.3) is 0 Å². The molecule has 0 aromatic heterocycles. The molecule has 12 heavy (non-hydrogen) atoms. The molecule has 0 heterocycles. The Balaban J connectivity index is 3.92. The Morgan fingerprint density at radius 3 is 2.25 bits per heavy atom. The summed E-state index contributed by atoms with van der Waals surface area (Å²) in [5.74, 6) is -0.357. The highest BCUT2D eigenvalue weighted by atomic mass is 28.3. The zero-order chi connectivity index (χ0) is 9.78. The lowest BCUT2D eigenvalue weighted by molar-refractivity contribution is -0.133. The van der Waals surface area contributed by atoms with Gasteiger partial charge in [0.1, 0.15) is 0 Å². The zero-order valence-corrected chi connectivity index (χ0v) is 9.18. The number of hydrogen-bond donors (Lipinski definition) is 0. The normalized spacial score (nSPS) is 11.7. The Morgan fingerprint density at radius 2 is 1.92 bits per heavy atom. The quantitative estimate of drug-likeness (QED) is 0.291. The van der Waals surface area contributed by atoms with Crippen molar-refractivity contribution < 1.29 is 9.53 Å². The predicted octanol–water partition coefficient (Wildman–Crippen LogP) is 2.50. The molecule has 0 radical (unpaired) electrons. The van der Waals surface area contributed by atoms with Crippen molar-refractivity contribution >= 4 is 14.0 Å². The van der Waals surface area contributed by atoms with Crippen molar-refractivity contribution in [1.82, 2.24) is 0 Å². The molecule has 0 aromatic rings. The summed E-state index contributed by atoms with van der Waals surface area (Å²) in [6.45, 7) is 11.6. The van der Waals surface area contributed by atoms with E-state index in [1.807, 2.05) is 5.70 Å². The van der Waals surface area contributed by atoms with Gasteiger partial charge in [-0.15, -0.1) is 0 Å². The SMILES string of the molecule is C=C(C)C(=O)O/C=C\[Si](C)(C)C. The maximum atomic E-state index is 10.9. The van der Waals surface area contributed by atoms with Gasteiger partial charge in [-0.25, -0.2) is 4.79 Å². The summed E-state index contributed by atoms with van der Waals surface area (Å²) in [6.07, 6.45) is 1.48. The summed E-state index contributed by atoms with van der Waals surface area (Å²) in [6, 6.07) is 0. The van der Waals surface area contributed by atoms with Gasteiger partial charge in [0.05, 0.1) is 14.3 Å². The Labute approximate surface area is 74.9 Å². The van der Waals surface area contributed by atoms with Gasteiger partial charge >= 0.3 is 5.97 Å². The molecule has 0 unspecified atom stereocenters. The van der Waals surface area contributed by atoms with E-state index in [4.69, 9.17) is 4.74 Å². The molecular formula is C9H16O2Si. The summed E-state index contributed by atoms with van der Waals surface area (Å²) >= 11 is 0. The number of hydrogen-bond acceptors (Lipinski definition) is 2. The lowest BCUT2D eigenvalue weighted by Gasteiger charge is -2.07. The van der Waals surface area contributed by atoms with E-state index in [0.29, 0.717) is 5.57 Å². The largest absolute Gasteiger partial charge is 0.432 e. The van der Waals surface area contributed by atoms with Gasteiger partial charge < -0.3 is 4.74 Å². The first-order chi connectivity index (χ1) is 5.33. The monoisotopic (exact) mass is 184 g/mol. The Morgan fingerprint density at radius 1 is 1.42 bits per heavy atom. The molecule has 0 rings (SSSR count). The number of esters is 1. The van der Waals surface area contributed by atoms with Crippen LogP contribution >= 0.6 is 0 Å². The molecular weight excluding hydrogens is 168 g/mol.